The van der Waals surface area contributed by atoms with E-state index in [1.807, 2.05) is 0 Å². The first-order valence-electron chi connectivity index (χ1n) is 8.05. The monoisotopic (exact) mass is 301 g/mol. The molecule has 23 heavy (non-hydrogen) atoms. The summed E-state index contributed by atoms with van der Waals surface area (Å²) in [5.74, 6) is 0. The molecule has 0 bridgehead atoms. The second-order valence-electron chi connectivity index (χ2n) is 6.28. The number of anilines is 3. The van der Waals surface area contributed by atoms with Crippen molar-refractivity contribution in [3.63, 3.8) is 0 Å². The van der Waals surface area contributed by atoms with Crippen LogP contribution in [0.5, 0.6) is 0 Å². The minimum Gasteiger partial charge on any atom is -0.310 e. The number of benzene rings is 3. The summed E-state index contributed by atoms with van der Waals surface area (Å²) < 4.78 is 0. The number of hydrogen-bond acceptors (Lipinski definition) is 1. The van der Waals surface area contributed by atoms with E-state index >= 15 is 0 Å². The average molecular weight is 301 g/mol. The van der Waals surface area contributed by atoms with Crippen molar-refractivity contribution in [2.45, 2.75) is 27.7 Å². The van der Waals surface area contributed by atoms with E-state index in [0.717, 1.165) is 0 Å². The maximum Gasteiger partial charge on any atom is 0.0464 e. The Bertz CT molecular complexity index is 787. The fourth-order valence-corrected chi connectivity index (χ4v) is 2.85. The van der Waals surface area contributed by atoms with Crippen LogP contribution in [0.3, 0.4) is 0 Å². The lowest BCUT2D eigenvalue weighted by Crippen LogP contribution is -2.10. The van der Waals surface area contributed by atoms with Gasteiger partial charge >= 0.3 is 0 Å². The molecule has 0 heterocycles. The van der Waals surface area contributed by atoms with Crippen LogP contribution in [0.1, 0.15) is 22.3 Å². The van der Waals surface area contributed by atoms with Gasteiger partial charge in [0.1, 0.15) is 0 Å². The third kappa shape index (κ3) is 3.29. The SMILES string of the molecule is Cc1cccc(N(c2cccc(C)c2)c2ccc(C)c(C)c2)c1. The lowest BCUT2D eigenvalue weighted by molar-refractivity contribution is 1.24. The summed E-state index contributed by atoms with van der Waals surface area (Å²) in [6, 6.07) is 24.0. The Morgan fingerprint density at radius 2 is 1.04 bits per heavy atom. The Kier molecular flexibility index (Phi) is 4.20. The maximum atomic E-state index is 2.33. The first-order chi connectivity index (χ1) is 11.0. The maximum absolute atomic E-state index is 2.33. The van der Waals surface area contributed by atoms with Crippen molar-refractivity contribution >= 4 is 17.1 Å². The van der Waals surface area contributed by atoms with Gasteiger partial charge < -0.3 is 4.90 Å². The van der Waals surface area contributed by atoms with E-state index in [2.05, 4.69) is 99.3 Å². The molecular weight excluding hydrogens is 278 g/mol. The highest BCUT2D eigenvalue weighted by Gasteiger charge is 2.13. The molecule has 0 unspecified atom stereocenters. The van der Waals surface area contributed by atoms with Crippen LogP contribution in [0.4, 0.5) is 17.1 Å². The third-order valence-electron chi connectivity index (χ3n) is 4.27. The molecular formula is C22H23N. The van der Waals surface area contributed by atoms with Gasteiger partial charge in [0, 0.05) is 17.1 Å². The van der Waals surface area contributed by atoms with Gasteiger partial charge in [0.2, 0.25) is 0 Å². The van der Waals surface area contributed by atoms with Crippen molar-refractivity contribution in [3.05, 3.63) is 89.0 Å². The van der Waals surface area contributed by atoms with E-state index < -0.39 is 0 Å². The molecule has 3 aromatic carbocycles. The normalized spacial score (nSPS) is 10.6. The quantitative estimate of drug-likeness (QED) is 0.541. The summed E-state index contributed by atoms with van der Waals surface area (Å²) in [6.07, 6.45) is 0. The van der Waals surface area contributed by atoms with E-state index in [-0.39, 0.29) is 0 Å². The van der Waals surface area contributed by atoms with Crippen LogP contribution >= 0.6 is 0 Å². The molecule has 0 amide bonds. The summed E-state index contributed by atoms with van der Waals surface area (Å²) in [4.78, 5) is 2.33. The molecule has 0 saturated carbocycles. The zero-order valence-corrected chi connectivity index (χ0v) is 14.3. The van der Waals surface area contributed by atoms with Crippen LogP contribution in [-0.2, 0) is 0 Å². The fourth-order valence-electron chi connectivity index (χ4n) is 2.85. The van der Waals surface area contributed by atoms with Gasteiger partial charge in [0.25, 0.3) is 0 Å². The summed E-state index contributed by atoms with van der Waals surface area (Å²) in [7, 11) is 0. The Morgan fingerprint density at radius 1 is 0.522 bits per heavy atom. The summed E-state index contributed by atoms with van der Waals surface area (Å²) >= 11 is 0. The second kappa shape index (κ2) is 6.29. The Morgan fingerprint density at radius 3 is 1.52 bits per heavy atom. The highest BCUT2D eigenvalue weighted by Crippen LogP contribution is 2.35. The van der Waals surface area contributed by atoms with Crippen LogP contribution in [0.15, 0.2) is 66.7 Å². The van der Waals surface area contributed by atoms with Crippen molar-refractivity contribution in [2.75, 3.05) is 4.90 Å². The Labute approximate surface area is 139 Å². The molecule has 0 atom stereocenters. The topological polar surface area (TPSA) is 3.24 Å². The van der Waals surface area contributed by atoms with Crippen LogP contribution < -0.4 is 4.90 Å². The number of hydrogen-bond donors (Lipinski definition) is 0. The Balaban J connectivity index is 2.19. The van der Waals surface area contributed by atoms with Gasteiger partial charge in [0.05, 0.1) is 0 Å². The minimum absolute atomic E-state index is 1.19. The van der Waals surface area contributed by atoms with Crippen LogP contribution in [0.25, 0.3) is 0 Å². The van der Waals surface area contributed by atoms with Gasteiger partial charge in [-0.25, -0.2) is 0 Å². The van der Waals surface area contributed by atoms with Crippen molar-refractivity contribution < 1.29 is 0 Å². The van der Waals surface area contributed by atoms with Gasteiger partial charge in [-0.2, -0.15) is 0 Å². The molecule has 0 aliphatic heterocycles. The molecule has 0 fully saturated rings. The van der Waals surface area contributed by atoms with E-state index in [1.165, 1.54) is 39.3 Å². The average Bonchev–Trinajstić information content (AvgIpc) is 2.51. The van der Waals surface area contributed by atoms with Crippen LogP contribution in [0.2, 0.25) is 0 Å². The zero-order valence-electron chi connectivity index (χ0n) is 14.3. The molecule has 0 saturated heterocycles. The lowest BCUT2D eigenvalue weighted by atomic mass is 10.1. The van der Waals surface area contributed by atoms with Gasteiger partial charge in [-0.3, -0.25) is 0 Å². The molecule has 0 N–H and O–H groups in total. The molecule has 116 valence electrons. The van der Waals surface area contributed by atoms with Crippen molar-refractivity contribution in [2.24, 2.45) is 0 Å². The number of rotatable bonds is 3. The molecule has 1 nitrogen and oxygen atoms in total. The van der Waals surface area contributed by atoms with Crippen LogP contribution in [0, 0.1) is 27.7 Å². The van der Waals surface area contributed by atoms with Gasteiger partial charge in [0.15, 0.2) is 0 Å². The van der Waals surface area contributed by atoms with E-state index in [0.29, 0.717) is 0 Å². The summed E-state index contributed by atoms with van der Waals surface area (Å²) in [6.45, 7) is 8.60. The van der Waals surface area contributed by atoms with E-state index in [4.69, 9.17) is 0 Å². The van der Waals surface area contributed by atoms with Crippen LogP contribution in [-0.4, -0.2) is 0 Å². The summed E-state index contributed by atoms with van der Waals surface area (Å²) in [5.41, 5.74) is 8.75. The molecule has 0 radical (unpaired) electrons. The minimum atomic E-state index is 1.19. The molecule has 0 aliphatic rings. The third-order valence-corrected chi connectivity index (χ3v) is 4.27. The predicted octanol–water partition coefficient (Wildman–Crippen LogP) is 6.39. The smallest absolute Gasteiger partial charge is 0.0464 e. The number of nitrogens with zero attached hydrogens (tertiary/aromatic N) is 1. The van der Waals surface area contributed by atoms with Gasteiger partial charge in [-0.15, -0.1) is 0 Å². The second-order valence-corrected chi connectivity index (χ2v) is 6.28. The molecule has 0 aliphatic carbocycles. The standard InChI is InChI=1S/C22H23N/c1-16-7-5-9-20(13-16)23(21-10-6-8-17(2)14-21)22-12-11-18(3)19(4)15-22/h5-15H,1-4H3. The molecule has 3 aromatic rings. The largest absolute Gasteiger partial charge is 0.310 e. The molecule has 0 spiro atoms. The number of aryl methyl sites for hydroxylation is 4. The molecule has 0 aromatic heterocycles. The van der Waals surface area contributed by atoms with Gasteiger partial charge in [-0.05, 0) is 86.3 Å². The Hall–Kier alpha value is -2.54. The highest BCUT2D eigenvalue weighted by atomic mass is 15.1. The van der Waals surface area contributed by atoms with E-state index in [1.54, 1.807) is 0 Å². The molecule has 1 heteroatoms. The first-order valence-corrected chi connectivity index (χ1v) is 8.05. The zero-order chi connectivity index (χ0) is 16.4. The fraction of sp³-hybridized carbons (Fsp3) is 0.182. The lowest BCUT2D eigenvalue weighted by Gasteiger charge is -2.26. The van der Waals surface area contributed by atoms with E-state index in [9.17, 15) is 0 Å². The van der Waals surface area contributed by atoms with Gasteiger partial charge in [-0.1, -0.05) is 30.3 Å². The van der Waals surface area contributed by atoms with Crippen molar-refractivity contribution in [1.82, 2.24) is 0 Å². The summed E-state index contributed by atoms with van der Waals surface area (Å²) in [5, 5.41) is 0. The highest BCUT2D eigenvalue weighted by molar-refractivity contribution is 5.77. The molecule has 3 rings (SSSR count). The first kappa shape index (κ1) is 15.4. The predicted molar refractivity (Wildman–Crippen MR) is 100 cm³/mol. The van der Waals surface area contributed by atoms with Crippen molar-refractivity contribution in [3.8, 4) is 0 Å². The van der Waals surface area contributed by atoms with Crippen molar-refractivity contribution in [1.29, 1.82) is 0 Å².